The number of nitrogens with zero attached hydrogens (tertiary/aromatic N) is 3. The predicted molar refractivity (Wildman–Crippen MR) is 94.1 cm³/mol. The summed E-state index contributed by atoms with van der Waals surface area (Å²) in [6, 6.07) is 22.0. The van der Waals surface area contributed by atoms with Crippen molar-refractivity contribution in [1.82, 2.24) is 15.5 Å². The number of carbonyl (C=O) groups is 1. The van der Waals surface area contributed by atoms with E-state index in [-0.39, 0.29) is 11.6 Å². The number of hydrogen-bond acceptors (Lipinski definition) is 5. The maximum absolute atomic E-state index is 12.1. The Labute approximate surface area is 145 Å². The van der Waals surface area contributed by atoms with Gasteiger partial charge in [0.05, 0.1) is 11.6 Å². The van der Waals surface area contributed by atoms with E-state index in [4.69, 9.17) is 5.26 Å². The van der Waals surface area contributed by atoms with Crippen molar-refractivity contribution in [2.45, 2.75) is 6.54 Å². The Hall–Kier alpha value is -3.72. The average molecular weight is 329 g/mol. The summed E-state index contributed by atoms with van der Waals surface area (Å²) < 4.78 is 0. The Morgan fingerprint density at radius 1 is 0.960 bits per heavy atom. The second-order valence-electron chi connectivity index (χ2n) is 5.29. The van der Waals surface area contributed by atoms with Gasteiger partial charge in [-0.05, 0) is 42.0 Å². The first kappa shape index (κ1) is 16.1. The van der Waals surface area contributed by atoms with Gasteiger partial charge in [-0.2, -0.15) is 5.26 Å². The van der Waals surface area contributed by atoms with E-state index >= 15 is 0 Å². The third kappa shape index (κ3) is 4.39. The van der Waals surface area contributed by atoms with Crippen LogP contribution in [-0.2, 0) is 6.54 Å². The Morgan fingerprint density at radius 3 is 2.36 bits per heavy atom. The van der Waals surface area contributed by atoms with Crippen molar-refractivity contribution >= 4 is 17.4 Å². The molecule has 2 N–H and O–H groups in total. The van der Waals surface area contributed by atoms with E-state index < -0.39 is 0 Å². The molecule has 0 atom stereocenters. The molecule has 1 aromatic heterocycles. The summed E-state index contributed by atoms with van der Waals surface area (Å²) in [6.45, 7) is 0.437. The molecule has 0 unspecified atom stereocenters. The van der Waals surface area contributed by atoms with Crippen molar-refractivity contribution in [3.05, 3.63) is 83.6 Å². The topological polar surface area (TPSA) is 90.7 Å². The second kappa shape index (κ2) is 7.70. The number of carbonyl (C=O) groups excluding carboxylic acids is 1. The summed E-state index contributed by atoms with van der Waals surface area (Å²) in [5, 5.41) is 22.6. The van der Waals surface area contributed by atoms with Crippen molar-refractivity contribution in [2.24, 2.45) is 0 Å². The third-order valence-corrected chi connectivity index (χ3v) is 3.48. The van der Waals surface area contributed by atoms with Gasteiger partial charge in [-0.15, -0.1) is 10.2 Å². The average Bonchev–Trinajstić information content (AvgIpc) is 2.68. The molecule has 6 nitrogen and oxygen atoms in total. The molecule has 0 saturated carbocycles. The van der Waals surface area contributed by atoms with Gasteiger partial charge in [0.1, 0.15) is 0 Å². The van der Waals surface area contributed by atoms with Gasteiger partial charge in [0, 0.05) is 12.2 Å². The van der Waals surface area contributed by atoms with E-state index in [9.17, 15) is 4.79 Å². The lowest BCUT2D eigenvalue weighted by Gasteiger charge is -2.07. The normalized spacial score (nSPS) is 9.88. The number of anilines is 2. The lowest BCUT2D eigenvalue weighted by molar-refractivity contribution is 0.0945. The second-order valence-corrected chi connectivity index (χ2v) is 5.29. The molecule has 1 heterocycles. The maximum Gasteiger partial charge on any atom is 0.272 e. The van der Waals surface area contributed by atoms with E-state index in [0.717, 1.165) is 11.3 Å². The number of amides is 1. The fourth-order valence-corrected chi connectivity index (χ4v) is 2.16. The minimum absolute atomic E-state index is 0.251. The number of hydrogen-bond donors (Lipinski definition) is 2. The Kier molecular flexibility index (Phi) is 4.98. The first-order valence-corrected chi connectivity index (χ1v) is 7.67. The molecule has 0 saturated heterocycles. The lowest BCUT2D eigenvalue weighted by Crippen LogP contribution is -2.24. The highest BCUT2D eigenvalue weighted by atomic mass is 16.1. The van der Waals surface area contributed by atoms with Gasteiger partial charge < -0.3 is 10.6 Å². The summed E-state index contributed by atoms with van der Waals surface area (Å²) in [4.78, 5) is 12.1. The van der Waals surface area contributed by atoms with Gasteiger partial charge in [0.2, 0.25) is 0 Å². The number of aromatic nitrogens is 2. The molecule has 3 aromatic rings. The van der Waals surface area contributed by atoms with Crippen molar-refractivity contribution in [1.29, 1.82) is 5.26 Å². The Bertz CT molecular complexity index is 884. The number of benzene rings is 2. The summed E-state index contributed by atoms with van der Waals surface area (Å²) in [6.07, 6.45) is 0. The minimum atomic E-state index is -0.277. The van der Waals surface area contributed by atoms with Crippen LogP contribution in [0.3, 0.4) is 0 Å². The van der Waals surface area contributed by atoms with Gasteiger partial charge in [-0.3, -0.25) is 4.79 Å². The van der Waals surface area contributed by atoms with Gasteiger partial charge in [0.25, 0.3) is 5.91 Å². The fourth-order valence-electron chi connectivity index (χ4n) is 2.16. The zero-order valence-corrected chi connectivity index (χ0v) is 13.3. The molecule has 122 valence electrons. The molecule has 0 spiro atoms. The van der Waals surface area contributed by atoms with Gasteiger partial charge in [-0.1, -0.05) is 30.3 Å². The molecule has 25 heavy (non-hydrogen) atoms. The molecule has 1 amide bonds. The number of rotatable bonds is 5. The number of nitrogens with one attached hydrogen (secondary N) is 2. The Balaban J connectivity index is 1.59. The molecule has 0 aliphatic rings. The molecular formula is C19H15N5O. The molecule has 0 fully saturated rings. The molecule has 0 aliphatic heterocycles. The molecule has 3 rings (SSSR count). The summed E-state index contributed by atoms with van der Waals surface area (Å²) in [5.74, 6) is 0.241. The van der Waals surface area contributed by atoms with E-state index in [1.165, 1.54) is 0 Å². The van der Waals surface area contributed by atoms with Gasteiger partial charge in [-0.25, -0.2) is 0 Å². The van der Waals surface area contributed by atoms with E-state index in [0.29, 0.717) is 17.9 Å². The lowest BCUT2D eigenvalue weighted by atomic mass is 10.2. The van der Waals surface area contributed by atoms with E-state index in [1.807, 2.05) is 30.3 Å². The zero-order valence-electron chi connectivity index (χ0n) is 13.3. The quantitative estimate of drug-likeness (QED) is 0.751. The molecule has 0 bridgehead atoms. The molecule has 2 aromatic carbocycles. The van der Waals surface area contributed by atoms with Gasteiger partial charge >= 0.3 is 0 Å². The highest BCUT2D eigenvalue weighted by Gasteiger charge is 2.08. The summed E-state index contributed by atoms with van der Waals surface area (Å²) in [7, 11) is 0. The summed E-state index contributed by atoms with van der Waals surface area (Å²) >= 11 is 0. The van der Waals surface area contributed by atoms with E-state index in [2.05, 4.69) is 26.9 Å². The summed E-state index contributed by atoms with van der Waals surface area (Å²) in [5.41, 5.74) is 2.64. The van der Waals surface area contributed by atoms with Crippen LogP contribution in [0.5, 0.6) is 0 Å². The highest BCUT2D eigenvalue weighted by Crippen LogP contribution is 2.14. The van der Waals surface area contributed by atoms with Crippen LogP contribution in [0.25, 0.3) is 0 Å². The van der Waals surface area contributed by atoms with Crippen molar-refractivity contribution in [3.63, 3.8) is 0 Å². The van der Waals surface area contributed by atoms with Crippen LogP contribution in [0.15, 0.2) is 66.7 Å². The largest absolute Gasteiger partial charge is 0.347 e. The first-order valence-electron chi connectivity index (χ1n) is 7.67. The van der Waals surface area contributed by atoms with Crippen LogP contribution in [0.4, 0.5) is 11.5 Å². The van der Waals surface area contributed by atoms with Gasteiger partial charge in [0.15, 0.2) is 11.5 Å². The van der Waals surface area contributed by atoms with Crippen LogP contribution in [0.2, 0.25) is 0 Å². The SMILES string of the molecule is N#Cc1ccc(Nc2ccc(C(=O)NCc3ccccc3)nn2)cc1. The van der Waals surface area contributed by atoms with Crippen LogP contribution in [0.1, 0.15) is 21.6 Å². The van der Waals surface area contributed by atoms with Crippen LogP contribution in [-0.4, -0.2) is 16.1 Å². The maximum atomic E-state index is 12.1. The van der Waals surface area contributed by atoms with Crippen LogP contribution >= 0.6 is 0 Å². The molecular weight excluding hydrogens is 314 g/mol. The van der Waals surface area contributed by atoms with E-state index in [1.54, 1.807) is 36.4 Å². The zero-order chi connectivity index (χ0) is 17.5. The highest BCUT2D eigenvalue weighted by molar-refractivity contribution is 5.92. The third-order valence-electron chi connectivity index (χ3n) is 3.48. The molecule has 0 radical (unpaired) electrons. The number of nitriles is 1. The minimum Gasteiger partial charge on any atom is -0.347 e. The Morgan fingerprint density at radius 2 is 1.72 bits per heavy atom. The standard InChI is InChI=1S/C19H15N5O/c20-12-14-6-8-16(9-7-14)22-18-11-10-17(23-24-18)19(25)21-13-15-4-2-1-3-5-15/h1-11H,13H2,(H,21,25)(H,22,24). The van der Waals surface area contributed by atoms with Crippen molar-refractivity contribution in [3.8, 4) is 6.07 Å². The van der Waals surface area contributed by atoms with Crippen molar-refractivity contribution in [2.75, 3.05) is 5.32 Å². The van der Waals surface area contributed by atoms with Crippen LogP contribution in [0, 0.1) is 11.3 Å². The molecule has 0 aliphatic carbocycles. The predicted octanol–water partition coefficient (Wildman–Crippen LogP) is 3.02. The fraction of sp³-hybridized carbons (Fsp3) is 0.0526. The van der Waals surface area contributed by atoms with Crippen molar-refractivity contribution < 1.29 is 4.79 Å². The smallest absolute Gasteiger partial charge is 0.272 e. The van der Waals surface area contributed by atoms with Crippen LogP contribution < -0.4 is 10.6 Å². The first-order chi connectivity index (χ1) is 12.2. The monoisotopic (exact) mass is 329 g/mol. The molecule has 6 heteroatoms.